The fraction of sp³-hybridized carbons (Fsp3) is 0.409. The molecule has 2 aromatic rings. The van der Waals surface area contributed by atoms with Gasteiger partial charge in [0, 0.05) is 17.3 Å². The first-order valence-electron chi connectivity index (χ1n) is 9.97. The maximum absolute atomic E-state index is 13.0. The van der Waals surface area contributed by atoms with E-state index in [-0.39, 0.29) is 22.6 Å². The van der Waals surface area contributed by atoms with Gasteiger partial charge < -0.3 is 10.1 Å². The minimum atomic E-state index is -3.92. The number of carbonyl (C=O) groups excluding carboxylic acids is 1. The highest BCUT2D eigenvalue weighted by molar-refractivity contribution is 7.92. The standard InChI is InChI=1S/C22H28N2O4S/c1-16-9-12-19(13-10-16)24-29(26,27)21-15-17(11-14-20(21)28-2)22(25)23-18-7-5-3-4-6-8-18/h9-15,18,24H,3-8H2,1-2H3,(H,23,25). The molecule has 156 valence electrons. The number of methoxy groups -OCH3 is 1. The SMILES string of the molecule is COc1ccc(C(=O)NC2CCCCCC2)cc1S(=O)(=O)Nc1ccc(C)cc1. The molecule has 1 aliphatic rings. The normalized spacial score (nSPS) is 15.4. The van der Waals surface area contributed by atoms with Crippen LogP contribution < -0.4 is 14.8 Å². The van der Waals surface area contributed by atoms with Gasteiger partial charge in [-0.05, 0) is 50.1 Å². The van der Waals surface area contributed by atoms with Gasteiger partial charge in [-0.3, -0.25) is 9.52 Å². The quantitative estimate of drug-likeness (QED) is 0.689. The monoisotopic (exact) mass is 416 g/mol. The Morgan fingerprint density at radius 2 is 1.66 bits per heavy atom. The van der Waals surface area contributed by atoms with Crippen LogP contribution in [-0.4, -0.2) is 27.5 Å². The Balaban J connectivity index is 1.83. The summed E-state index contributed by atoms with van der Waals surface area (Å²) >= 11 is 0. The lowest BCUT2D eigenvalue weighted by atomic mass is 10.1. The highest BCUT2D eigenvalue weighted by atomic mass is 32.2. The lowest BCUT2D eigenvalue weighted by Crippen LogP contribution is -2.34. The number of nitrogens with one attached hydrogen (secondary N) is 2. The van der Waals surface area contributed by atoms with Gasteiger partial charge in [-0.2, -0.15) is 0 Å². The van der Waals surface area contributed by atoms with Gasteiger partial charge in [0.05, 0.1) is 7.11 Å². The predicted molar refractivity (Wildman–Crippen MR) is 114 cm³/mol. The molecule has 2 aromatic carbocycles. The Morgan fingerprint density at radius 1 is 1.00 bits per heavy atom. The van der Waals surface area contributed by atoms with Gasteiger partial charge in [-0.15, -0.1) is 0 Å². The van der Waals surface area contributed by atoms with Crippen LogP contribution >= 0.6 is 0 Å². The number of ether oxygens (including phenoxy) is 1. The first kappa shape index (κ1) is 21.2. The summed E-state index contributed by atoms with van der Waals surface area (Å²) in [6.07, 6.45) is 6.52. The Hall–Kier alpha value is -2.54. The highest BCUT2D eigenvalue weighted by Gasteiger charge is 2.23. The van der Waals surface area contributed by atoms with Crippen LogP contribution in [0.2, 0.25) is 0 Å². The second-order valence-electron chi connectivity index (χ2n) is 7.50. The van der Waals surface area contributed by atoms with Crippen molar-refractivity contribution in [3.05, 3.63) is 53.6 Å². The van der Waals surface area contributed by atoms with Crippen molar-refractivity contribution >= 4 is 21.6 Å². The molecule has 1 fully saturated rings. The van der Waals surface area contributed by atoms with E-state index in [4.69, 9.17) is 4.74 Å². The van der Waals surface area contributed by atoms with Crippen molar-refractivity contribution in [2.24, 2.45) is 0 Å². The van der Waals surface area contributed by atoms with E-state index in [1.165, 1.54) is 32.1 Å². The maximum atomic E-state index is 13.0. The zero-order chi connectivity index (χ0) is 20.9. The van der Waals surface area contributed by atoms with Gasteiger partial charge in [0.15, 0.2) is 0 Å². The number of carbonyl (C=O) groups is 1. The summed E-state index contributed by atoms with van der Waals surface area (Å²) in [5.74, 6) is -0.0676. The molecule has 1 aliphatic carbocycles. The average molecular weight is 417 g/mol. The molecular formula is C22H28N2O4S. The fourth-order valence-corrected chi connectivity index (χ4v) is 4.81. The smallest absolute Gasteiger partial charge is 0.265 e. The fourth-order valence-electron chi connectivity index (χ4n) is 3.55. The van der Waals surface area contributed by atoms with E-state index in [0.717, 1.165) is 31.2 Å². The summed E-state index contributed by atoms with van der Waals surface area (Å²) in [6.45, 7) is 1.93. The number of sulfonamides is 1. The summed E-state index contributed by atoms with van der Waals surface area (Å²) < 4.78 is 33.7. The Kier molecular flexibility index (Phi) is 6.79. The van der Waals surface area contributed by atoms with E-state index in [0.29, 0.717) is 11.3 Å². The minimum Gasteiger partial charge on any atom is -0.495 e. The number of benzene rings is 2. The molecule has 0 bridgehead atoms. The number of hydrogen-bond donors (Lipinski definition) is 2. The summed E-state index contributed by atoms with van der Waals surface area (Å²) in [5.41, 5.74) is 1.79. The van der Waals surface area contributed by atoms with Gasteiger partial charge in [-0.25, -0.2) is 8.42 Å². The van der Waals surface area contributed by atoms with Crippen LogP contribution in [0.4, 0.5) is 5.69 Å². The van der Waals surface area contributed by atoms with Crippen molar-refractivity contribution in [1.82, 2.24) is 5.32 Å². The third-order valence-electron chi connectivity index (χ3n) is 5.21. The van der Waals surface area contributed by atoms with Gasteiger partial charge in [-0.1, -0.05) is 43.4 Å². The number of amides is 1. The Labute approximate surface area is 172 Å². The number of anilines is 1. The van der Waals surface area contributed by atoms with Crippen LogP contribution in [0.1, 0.15) is 54.4 Å². The lowest BCUT2D eigenvalue weighted by Gasteiger charge is -2.17. The van der Waals surface area contributed by atoms with E-state index in [9.17, 15) is 13.2 Å². The third-order valence-corrected chi connectivity index (χ3v) is 6.61. The van der Waals surface area contributed by atoms with E-state index >= 15 is 0 Å². The lowest BCUT2D eigenvalue weighted by molar-refractivity contribution is 0.0933. The average Bonchev–Trinajstić information content (AvgIpc) is 2.97. The van der Waals surface area contributed by atoms with Crippen molar-refractivity contribution < 1.29 is 17.9 Å². The zero-order valence-electron chi connectivity index (χ0n) is 16.9. The van der Waals surface area contributed by atoms with Crippen LogP contribution in [0.5, 0.6) is 5.75 Å². The molecule has 0 atom stereocenters. The largest absolute Gasteiger partial charge is 0.495 e. The van der Waals surface area contributed by atoms with Crippen LogP contribution in [0.3, 0.4) is 0 Å². The molecule has 6 nitrogen and oxygen atoms in total. The molecule has 0 radical (unpaired) electrons. The topological polar surface area (TPSA) is 84.5 Å². The molecule has 1 saturated carbocycles. The van der Waals surface area contributed by atoms with Crippen molar-refractivity contribution in [2.75, 3.05) is 11.8 Å². The second kappa shape index (κ2) is 9.31. The summed E-state index contributed by atoms with van der Waals surface area (Å²) in [5, 5.41) is 3.05. The highest BCUT2D eigenvalue weighted by Crippen LogP contribution is 2.27. The second-order valence-corrected chi connectivity index (χ2v) is 9.15. The Morgan fingerprint density at radius 3 is 2.28 bits per heavy atom. The van der Waals surface area contributed by atoms with Crippen molar-refractivity contribution in [2.45, 2.75) is 56.4 Å². The van der Waals surface area contributed by atoms with Crippen molar-refractivity contribution in [1.29, 1.82) is 0 Å². The third kappa shape index (κ3) is 5.50. The van der Waals surface area contributed by atoms with E-state index in [1.54, 1.807) is 18.2 Å². The number of hydrogen-bond acceptors (Lipinski definition) is 4. The molecule has 0 saturated heterocycles. The van der Waals surface area contributed by atoms with Gasteiger partial charge >= 0.3 is 0 Å². The van der Waals surface area contributed by atoms with E-state index < -0.39 is 10.0 Å². The molecule has 3 rings (SSSR count). The van der Waals surface area contributed by atoms with Gasteiger partial charge in [0.2, 0.25) is 0 Å². The van der Waals surface area contributed by atoms with E-state index in [2.05, 4.69) is 10.0 Å². The van der Waals surface area contributed by atoms with Crippen LogP contribution in [-0.2, 0) is 10.0 Å². The summed E-state index contributed by atoms with van der Waals surface area (Å²) in [4.78, 5) is 12.7. The van der Waals surface area contributed by atoms with Crippen LogP contribution in [0.25, 0.3) is 0 Å². The zero-order valence-corrected chi connectivity index (χ0v) is 17.7. The molecule has 0 heterocycles. The Bertz CT molecular complexity index is 947. The van der Waals surface area contributed by atoms with Crippen molar-refractivity contribution in [3.8, 4) is 5.75 Å². The molecule has 2 N–H and O–H groups in total. The van der Waals surface area contributed by atoms with Gasteiger partial charge in [0.25, 0.3) is 15.9 Å². The number of aryl methyl sites for hydroxylation is 1. The van der Waals surface area contributed by atoms with Gasteiger partial charge in [0.1, 0.15) is 10.6 Å². The molecule has 1 amide bonds. The minimum absolute atomic E-state index is 0.0610. The molecular weight excluding hydrogens is 388 g/mol. The molecule has 0 aromatic heterocycles. The summed E-state index contributed by atoms with van der Waals surface area (Å²) in [7, 11) is -2.51. The molecule has 29 heavy (non-hydrogen) atoms. The summed E-state index contributed by atoms with van der Waals surface area (Å²) in [6, 6.07) is 11.7. The maximum Gasteiger partial charge on any atom is 0.265 e. The van der Waals surface area contributed by atoms with Crippen LogP contribution in [0.15, 0.2) is 47.4 Å². The first-order chi connectivity index (χ1) is 13.9. The number of rotatable bonds is 6. The van der Waals surface area contributed by atoms with Crippen LogP contribution in [0, 0.1) is 6.92 Å². The first-order valence-corrected chi connectivity index (χ1v) is 11.5. The molecule has 0 unspecified atom stereocenters. The molecule has 0 aliphatic heterocycles. The van der Waals surface area contributed by atoms with E-state index in [1.807, 2.05) is 19.1 Å². The van der Waals surface area contributed by atoms with Crippen molar-refractivity contribution in [3.63, 3.8) is 0 Å². The molecule has 7 heteroatoms. The predicted octanol–water partition coefficient (Wildman–Crippen LogP) is 4.26. The molecule has 0 spiro atoms.